The minimum absolute atomic E-state index is 0.154. The molecule has 0 N–H and O–H groups in total. The lowest BCUT2D eigenvalue weighted by atomic mass is 10.1. The van der Waals surface area contributed by atoms with Crippen LogP contribution in [-0.4, -0.2) is 39.3 Å². The minimum Gasteiger partial charge on any atom is -0.496 e. The van der Waals surface area contributed by atoms with Gasteiger partial charge < -0.3 is 24.0 Å². The first-order chi connectivity index (χ1) is 13.2. The molecule has 5 rings (SSSR count). The Morgan fingerprint density at radius 1 is 1.19 bits per heavy atom. The van der Waals surface area contributed by atoms with E-state index < -0.39 is 0 Å². The Bertz CT molecular complexity index is 921. The number of fused-ring (bicyclic) bond motifs is 2. The predicted octanol–water partition coefficient (Wildman–Crippen LogP) is 3.49. The van der Waals surface area contributed by atoms with Crippen LogP contribution in [0, 0.1) is 13.8 Å². The third-order valence-corrected chi connectivity index (χ3v) is 5.74. The van der Waals surface area contributed by atoms with Crippen LogP contribution in [0.2, 0.25) is 0 Å². The van der Waals surface area contributed by atoms with Crippen molar-refractivity contribution < 1.29 is 4.74 Å². The van der Waals surface area contributed by atoms with Crippen LogP contribution in [0.1, 0.15) is 29.8 Å². The van der Waals surface area contributed by atoms with E-state index in [9.17, 15) is 0 Å². The molecule has 3 aliphatic heterocycles. The van der Waals surface area contributed by atoms with Gasteiger partial charge in [0.1, 0.15) is 11.6 Å². The summed E-state index contributed by atoms with van der Waals surface area (Å²) in [6.07, 6.45) is 13.0. The summed E-state index contributed by atoms with van der Waals surface area (Å²) in [6.45, 7) is 6.14. The molecule has 1 unspecified atom stereocenters. The molecule has 6 nitrogen and oxygen atoms in total. The molecule has 1 atom stereocenters. The van der Waals surface area contributed by atoms with Gasteiger partial charge in [0.05, 0.1) is 13.8 Å². The van der Waals surface area contributed by atoms with E-state index in [0.29, 0.717) is 0 Å². The number of nitrogens with zero attached hydrogens (tertiary/aromatic N) is 5. The molecule has 3 aliphatic rings. The normalized spacial score (nSPS) is 20.8. The molecule has 1 aromatic heterocycles. The van der Waals surface area contributed by atoms with Crippen molar-refractivity contribution in [2.24, 2.45) is 0 Å². The van der Waals surface area contributed by atoms with E-state index in [-0.39, 0.29) is 6.29 Å². The molecule has 0 spiro atoms. The molecular weight excluding hydrogens is 338 g/mol. The molecule has 0 radical (unpaired) electrons. The molecule has 0 saturated carbocycles. The highest BCUT2D eigenvalue weighted by Crippen LogP contribution is 2.39. The molecular formula is C21H25N5O. The summed E-state index contributed by atoms with van der Waals surface area (Å²) >= 11 is 0. The van der Waals surface area contributed by atoms with Crippen LogP contribution in [0.15, 0.2) is 42.6 Å². The summed E-state index contributed by atoms with van der Waals surface area (Å²) in [5.41, 5.74) is 4.98. The van der Waals surface area contributed by atoms with Crippen LogP contribution < -0.4 is 9.64 Å². The second-order valence-electron chi connectivity index (χ2n) is 7.51. The highest BCUT2D eigenvalue weighted by Gasteiger charge is 2.39. The second-order valence-corrected chi connectivity index (χ2v) is 7.51. The molecule has 2 aromatic rings. The molecule has 0 bridgehead atoms. The average Bonchev–Trinajstić information content (AvgIpc) is 3.36. The Kier molecular flexibility index (Phi) is 3.67. The molecule has 1 saturated heterocycles. The van der Waals surface area contributed by atoms with Crippen molar-refractivity contribution in [3.8, 4) is 5.75 Å². The van der Waals surface area contributed by atoms with Crippen molar-refractivity contribution in [1.29, 1.82) is 0 Å². The molecule has 0 amide bonds. The lowest BCUT2D eigenvalue weighted by Crippen LogP contribution is -2.51. The number of hydrogen-bond donors (Lipinski definition) is 0. The van der Waals surface area contributed by atoms with E-state index in [1.165, 1.54) is 28.9 Å². The monoisotopic (exact) mass is 363 g/mol. The van der Waals surface area contributed by atoms with Crippen LogP contribution in [0.4, 0.5) is 5.69 Å². The molecule has 1 aromatic carbocycles. The summed E-state index contributed by atoms with van der Waals surface area (Å²) < 4.78 is 7.76. The van der Waals surface area contributed by atoms with Crippen molar-refractivity contribution in [2.75, 3.05) is 18.6 Å². The lowest BCUT2D eigenvalue weighted by molar-refractivity contribution is 0.110. The summed E-state index contributed by atoms with van der Waals surface area (Å²) in [5.74, 6) is 1.99. The molecule has 4 heterocycles. The number of allylic oxidation sites excluding steroid dienone is 1. The highest BCUT2D eigenvalue weighted by atomic mass is 16.5. The Morgan fingerprint density at radius 2 is 2.00 bits per heavy atom. The third kappa shape index (κ3) is 2.51. The van der Waals surface area contributed by atoms with Gasteiger partial charge in [-0.2, -0.15) is 0 Å². The highest BCUT2D eigenvalue weighted by molar-refractivity contribution is 5.60. The van der Waals surface area contributed by atoms with Crippen LogP contribution in [0.3, 0.4) is 0 Å². The van der Waals surface area contributed by atoms with Gasteiger partial charge in [0.2, 0.25) is 0 Å². The van der Waals surface area contributed by atoms with Gasteiger partial charge in [-0.05, 0) is 56.0 Å². The maximum absolute atomic E-state index is 5.57. The second kappa shape index (κ2) is 6.08. The topological polar surface area (TPSA) is 36.8 Å². The smallest absolute Gasteiger partial charge is 0.185 e. The fourth-order valence-electron chi connectivity index (χ4n) is 4.58. The largest absolute Gasteiger partial charge is 0.496 e. The number of ether oxygens (including phenoxy) is 1. The van der Waals surface area contributed by atoms with Crippen molar-refractivity contribution >= 4 is 11.8 Å². The van der Waals surface area contributed by atoms with Gasteiger partial charge in [0.15, 0.2) is 6.29 Å². The van der Waals surface area contributed by atoms with Gasteiger partial charge in [0.25, 0.3) is 0 Å². The molecule has 1 fully saturated rings. The van der Waals surface area contributed by atoms with E-state index in [1.54, 1.807) is 7.11 Å². The predicted molar refractivity (Wildman–Crippen MR) is 106 cm³/mol. The van der Waals surface area contributed by atoms with Gasteiger partial charge in [-0.1, -0.05) is 0 Å². The Hall–Kier alpha value is -2.89. The van der Waals surface area contributed by atoms with Crippen molar-refractivity contribution in [3.63, 3.8) is 0 Å². The van der Waals surface area contributed by atoms with Crippen LogP contribution in [0.25, 0.3) is 6.08 Å². The van der Waals surface area contributed by atoms with E-state index in [1.807, 2.05) is 12.4 Å². The number of methoxy groups -OCH3 is 1. The molecule has 140 valence electrons. The maximum Gasteiger partial charge on any atom is 0.185 e. The number of benzene rings is 1. The fraction of sp³-hybridized carbons (Fsp3) is 0.381. The number of hydrogen-bond acceptors (Lipinski definition) is 5. The van der Waals surface area contributed by atoms with E-state index in [4.69, 9.17) is 4.74 Å². The lowest BCUT2D eigenvalue weighted by Gasteiger charge is -2.41. The zero-order valence-corrected chi connectivity index (χ0v) is 16.1. The number of aryl methyl sites for hydroxylation is 2. The standard InChI is InChI=1S/C21H25N5O/c1-15-11-18(12-16(2)20(15)27-3)26-13-17-5-4-8-25(17)21(26)24-9-6-19-22-7-10-23(19)14-24/h6-7,9-13,21H,4-5,8,14H2,1-3H3. The molecule has 6 heteroatoms. The Balaban J connectivity index is 1.53. The first kappa shape index (κ1) is 16.3. The zero-order chi connectivity index (χ0) is 18.5. The zero-order valence-electron chi connectivity index (χ0n) is 16.1. The van der Waals surface area contributed by atoms with Crippen molar-refractivity contribution in [1.82, 2.24) is 19.4 Å². The Labute approximate surface area is 160 Å². The van der Waals surface area contributed by atoms with Crippen molar-refractivity contribution in [3.05, 3.63) is 59.6 Å². The average molecular weight is 363 g/mol. The quantitative estimate of drug-likeness (QED) is 0.834. The van der Waals surface area contributed by atoms with Gasteiger partial charge in [-0.15, -0.1) is 0 Å². The number of aromatic nitrogens is 2. The van der Waals surface area contributed by atoms with Crippen LogP contribution >= 0.6 is 0 Å². The summed E-state index contributed by atoms with van der Waals surface area (Å²) in [7, 11) is 1.74. The SMILES string of the molecule is COc1c(C)cc(N2C=C3CCCN3C2N2C=Cc3nccn3C2)cc1C. The van der Waals surface area contributed by atoms with Gasteiger partial charge >= 0.3 is 0 Å². The van der Waals surface area contributed by atoms with Gasteiger partial charge in [0, 0.05) is 42.7 Å². The maximum atomic E-state index is 5.57. The summed E-state index contributed by atoms with van der Waals surface area (Å²) in [5, 5.41) is 0. The summed E-state index contributed by atoms with van der Waals surface area (Å²) in [6, 6.07) is 4.46. The Morgan fingerprint density at radius 3 is 2.78 bits per heavy atom. The van der Waals surface area contributed by atoms with Gasteiger partial charge in [-0.25, -0.2) is 4.98 Å². The number of imidazole rings is 1. The van der Waals surface area contributed by atoms with Crippen LogP contribution in [0.5, 0.6) is 5.75 Å². The minimum atomic E-state index is 0.154. The van der Waals surface area contributed by atoms with Crippen molar-refractivity contribution in [2.45, 2.75) is 39.6 Å². The van der Waals surface area contributed by atoms with Gasteiger partial charge in [-0.3, -0.25) is 0 Å². The number of anilines is 1. The van der Waals surface area contributed by atoms with Crippen LogP contribution in [-0.2, 0) is 6.67 Å². The molecule has 0 aliphatic carbocycles. The molecule has 27 heavy (non-hydrogen) atoms. The summed E-state index contributed by atoms with van der Waals surface area (Å²) in [4.78, 5) is 11.7. The van der Waals surface area contributed by atoms with E-state index >= 15 is 0 Å². The van der Waals surface area contributed by atoms with E-state index in [0.717, 1.165) is 31.2 Å². The first-order valence-electron chi connectivity index (χ1n) is 9.52. The fourth-order valence-corrected chi connectivity index (χ4v) is 4.58. The third-order valence-electron chi connectivity index (χ3n) is 5.74. The van der Waals surface area contributed by atoms with E-state index in [2.05, 4.69) is 68.7 Å². The number of rotatable bonds is 3. The first-order valence-corrected chi connectivity index (χ1v) is 9.52.